The van der Waals surface area contributed by atoms with Crippen molar-refractivity contribution in [3.63, 3.8) is 0 Å². The number of rotatable bonds is 4. The van der Waals surface area contributed by atoms with Crippen LogP contribution in [0.1, 0.15) is 0 Å². The van der Waals surface area contributed by atoms with Crippen molar-refractivity contribution in [1.29, 1.82) is 0 Å². The van der Waals surface area contributed by atoms with E-state index in [2.05, 4.69) is 109 Å². The summed E-state index contributed by atoms with van der Waals surface area (Å²) >= 11 is 0.293. The van der Waals surface area contributed by atoms with Gasteiger partial charge in [-0.25, -0.2) is 0 Å². The van der Waals surface area contributed by atoms with E-state index in [0.717, 1.165) is 0 Å². The monoisotopic (exact) mass is 386 g/mol. The van der Waals surface area contributed by atoms with Crippen LogP contribution in [0.3, 0.4) is 0 Å². The normalized spacial score (nSPS) is 10.6. The van der Waals surface area contributed by atoms with E-state index in [1.54, 1.807) is 0 Å². The summed E-state index contributed by atoms with van der Waals surface area (Å²) in [4.78, 5) is 0. The second-order valence-corrected chi connectivity index (χ2v) is 8.19. The van der Waals surface area contributed by atoms with Crippen molar-refractivity contribution in [2.45, 2.75) is 0 Å². The van der Waals surface area contributed by atoms with Gasteiger partial charge in [-0.1, -0.05) is 0 Å². The van der Waals surface area contributed by atoms with Crippen LogP contribution >= 0.6 is 0 Å². The van der Waals surface area contributed by atoms with Crippen LogP contribution < -0.4 is 8.92 Å². The summed E-state index contributed by atoms with van der Waals surface area (Å²) in [6.45, 7) is 0. The molecule has 0 radical (unpaired) electrons. The summed E-state index contributed by atoms with van der Waals surface area (Å²) in [5.41, 5.74) is 5.18. The summed E-state index contributed by atoms with van der Waals surface area (Å²) < 4.78 is 2.82. The third kappa shape index (κ3) is 3.74. The average molecular weight is 385 g/mol. The topological polar surface area (TPSA) is 0 Å². The van der Waals surface area contributed by atoms with E-state index in [1.165, 1.54) is 31.2 Å². The maximum absolute atomic E-state index is 2.27. The van der Waals surface area contributed by atoms with Gasteiger partial charge in [-0.3, -0.25) is 0 Å². The fourth-order valence-electron chi connectivity index (χ4n) is 2.88. The second kappa shape index (κ2) is 7.53. The molecule has 4 aromatic carbocycles. The summed E-state index contributed by atoms with van der Waals surface area (Å²) in [5, 5.41) is 0. The van der Waals surface area contributed by atoms with Crippen molar-refractivity contribution in [2.24, 2.45) is 0 Å². The molecule has 0 spiro atoms. The van der Waals surface area contributed by atoms with Gasteiger partial charge in [0.1, 0.15) is 0 Å². The Kier molecular flexibility index (Phi) is 4.79. The van der Waals surface area contributed by atoms with E-state index in [4.69, 9.17) is 0 Å². The molecule has 4 aromatic rings. The first kappa shape index (κ1) is 15.9. The van der Waals surface area contributed by atoms with Crippen LogP contribution in [-0.4, -0.2) is 15.0 Å². The molecule has 4 rings (SSSR count). The molecule has 0 heterocycles. The molecule has 0 amide bonds. The van der Waals surface area contributed by atoms with Gasteiger partial charge in [0.05, 0.1) is 0 Å². The quantitative estimate of drug-likeness (QED) is 0.448. The van der Waals surface area contributed by atoms with Crippen LogP contribution in [0.5, 0.6) is 0 Å². The van der Waals surface area contributed by atoms with Gasteiger partial charge in [0.2, 0.25) is 0 Å². The molecule has 0 aliphatic heterocycles. The third-order valence-electron chi connectivity index (χ3n) is 4.16. The first-order valence-electron chi connectivity index (χ1n) is 8.38. The van der Waals surface area contributed by atoms with Gasteiger partial charge in [-0.15, -0.1) is 0 Å². The van der Waals surface area contributed by atoms with E-state index in [-0.39, 0.29) is 0 Å². The fraction of sp³-hybridized carbons (Fsp3) is 0. The maximum atomic E-state index is 2.27. The third-order valence-corrected chi connectivity index (χ3v) is 6.43. The molecule has 0 aliphatic carbocycles. The van der Waals surface area contributed by atoms with E-state index < -0.39 is 0 Å². The summed E-state index contributed by atoms with van der Waals surface area (Å²) in [7, 11) is 0. The van der Waals surface area contributed by atoms with E-state index in [1.807, 2.05) is 0 Å². The molecule has 0 aromatic heterocycles. The molecule has 0 atom stereocenters. The molecular formula is C24H18Se. The van der Waals surface area contributed by atoms with Crippen molar-refractivity contribution in [3.05, 3.63) is 109 Å². The van der Waals surface area contributed by atoms with Gasteiger partial charge < -0.3 is 0 Å². The molecule has 0 aliphatic rings. The Morgan fingerprint density at radius 2 is 0.920 bits per heavy atom. The number of hydrogen-bond donors (Lipinski definition) is 0. The first-order chi connectivity index (χ1) is 12.4. The Morgan fingerprint density at radius 1 is 0.400 bits per heavy atom. The van der Waals surface area contributed by atoms with Crippen LogP contribution in [0.2, 0.25) is 0 Å². The predicted molar refractivity (Wildman–Crippen MR) is 109 cm³/mol. The minimum atomic E-state index is 0.293. The van der Waals surface area contributed by atoms with Crippen LogP contribution in [0.25, 0.3) is 22.3 Å². The molecule has 0 saturated carbocycles. The molecule has 0 saturated heterocycles. The molecule has 120 valence electrons. The predicted octanol–water partition coefficient (Wildman–Crippen LogP) is 4.68. The van der Waals surface area contributed by atoms with Crippen molar-refractivity contribution in [2.75, 3.05) is 0 Å². The minimum absolute atomic E-state index is 0.293. The van der Waals surface area contributed by atoms with Crippen molar-refractivity contribution in [3.8, 4) is 22.3 Å². The van der Waals surface area contributed by atoms with Gasteiger partial charge in [-0.05, 0) is 0 Å². The van der Waals surface area contributed by atoms with Crippen molar-refractivity contribution in [1.82, 2.24) is 0 Å². The number of benzene rings is 4. The molecule has 0 bridgehead atoms. The average Bonchev–Trinajstić information content (AvgIpc) is 2.70. The van der Waals surface area contributed by atoms with Gasteiger partial charge in [0.15, 0.2) is 0 Å². The van der Waals surface area contributed by atoms with Gasteiger partial charge in [-0.2, -0.15) is 0 Å². The van der Waals surface area contributed by atoms with Crippen LogP contribution in [0, 0.1) is 0 Å². The zero-order chi connectivity index (χ0) is 16.9. The molecule has 0 unspecified atom stereocenters. The van der Waals surface area contributed by atoms with Crippen LogP contribution in [-0.2, 0) is 0 Å². The Bertz CT molecular complexity index is 942. The standard InChI is InChI=1S/C24H18Se/c1-3-9-19(10-4-1)20-15-17-22(18-16-20)25-24-14-8-7-13-23(24)21-11-5-2-6-12-21/h1-18H. The van der Waals surface area contributed by atoms with E-state index in [0.29, 0.717) is 15.0 Å². The Morgan fingerprint density at radius 3 is 1.60 bits per heavy atom. The van der Waals surface area contributed by atoms with E-state index in [9.17, 15) is 0 Å². The molecule has 1 heteroatoms. The molecule has 0 fully saturated rings. The Hall–Kier alpha value is -2.60. The molecular weight excluding hydrogens is 367 g/mol. The molecule has 0 nitrogen and oxygen atoms in total. The number of hydrogen-bond acceptors (Lipinski definition) is 0. The van der Waals surface area contributed by atoms with Crippen LogP contribution in [0.15, 0.2) is 109 Å². The molecule has 25 heavy (non-hydrogen) atoms. The van der Waals surface area contributed by atoms with Crippen molar-refractivity contribution >= 4 is 23.9 Å². The second-order valence-electron chi connectivity index (χ2n) is 5.85. The van der Waals surface area contributed by atoms with Crippen molar-refractivity contribution < 1.29 is 0 Å². The summed E-state index contributed by atoms with van der Waals surface area (Å²) in [6.07, 6.45) is 0. The van der Waals surface area contributed by atoms with Crippen LogP contribution in [0.4, 0.5) is 0 Å². The Labute approximate surface area is 155 Å². The summed E-state index contributed by atoms with van der Waals surface area (Å²) in [5.74, 6) is 0. The Balaban J connectivity index is 1.61. The van der Waals surface area contributed by atoms with Gasteiger partial charge in [0, 0.05) is 0 Å². The van der Waals surface area contributed by atoms with Gasteiger partial charge in [0.25, 0.3) is 0 Å². The van der Waals surface area contributed by atoms with E-state index >= 15 is 0 Å². The fourth-order valence-corrected chi connectivity index (χ4v) is 4.92. The zero-order valence-electron chi connectivity index (χ0n) is 13.8. The molecule has 0 N–H and O–H groups in total. The SMILES string of the molecule is c1ccc(-c2ccc([Se]c3ccccc3-c3ccccc3)cc2)cc1. The zero-order valence-corrected chi connectivity index (χ0v) is 15.5. The first-order valence-corrected chi connectivity index (χ1v) is 10.1. The summed E-state index contributed by atoms with van der Waals surface area (Å²) in [6, 6.07) is 39.0. The van der Waals surface area contributed by atoms with Gasteiger partial charge >= 0.3 is 155 Å².